The van der Waals surface area contributed by atoms with Crippen molar-refractivity contribution in [3.05, 3.63) is 53.8 Å². The van der Waals surface area contributed by atoms with Gasteiger partial charge in [0.1, 0.15) is 29.2 Å². The molecule has 1 atom stereocenters. The number of carbonyl (C=O) groups excluding carboxylic acids is 2. The number of nitrogens with zero attached hydrogens (tertiary/aromatic N) is 1. The van der Waals surface area contributed by atoms with Gasteiger partial charge in [-0.1, -0.05) is 6.07 Å². The minimum Gasteiger partial charge on any atom is -0.497 e. The molecule has 2 aliphatic rings. The van der Waals surface area contributed by atoms with Gasteiger partial charge in [-0.25, -0.2) is 4.39 Å². The van der Waals surface area contributed by atoms with Crippen LogP contribution >= 0.6 is 0 Å². The van der Waals surface area contributed by atoms with Crippen molar-refractivity contribution >= 4 is 11.8 Å². The maximum Gasteiger partial charge on any atom is 0.222 e. The Labute approximate surface area is 205 Å². The van der Waals surface area contributed by atoms with E-state index in [9.17, 15) is 14.0 Å². The van der Waals surface area contributed by atoms with E-state index in [4.69, 9.17) is 14.2 Å². The van der Waals surface area contributed by atoms with E-state index in [0.717, 1.165) is 24.3 Å². The molecular weight excluding hydrogens is 451 g/mol. The average molecular weight is 485 g/mol. The van der Waals surface area contributed by atoms with Crippen molar-refractivity contribution in [3.8, 4) is 17.2 Å². The zero-order chi connectivity index (χ0) is 24.8. The third-order valence-electron chi connectivity index (χ3n) is 7.00. The molecule has 2 aliphatic heterocycles. The van der Waals surface area contributed by atoms with Crippen molar-refractivity contribution in [1.82, 2.24) is 10.2 Å². The minimum atomic E-state index is -0.613. The van der Waals surface area contributed by atoms with E-state index in [1.54, 1.807) is 19.2 Å². The molecule has 0 bridgehead atoms. The number of ether oxygens (including phenoxy) is 3. The summed E-state index contributed by atoms with van der Waals surface area (Å²) in [4.78, 5) is 26.9. The number of nitrogens with one attached hydrogen (secondary N) is 1. The van der Waals surface area contributed by atoms with Crippen molar-refractivity contribution in [3.63, 3.8) is 0 Å². The molecule has 2 heterocycles. The lowest BCUT2D eigenvalue weighted by Gasteiger charge is -2.34. The Morgan fingerprint density at radius 1 is 1.06 bits per heavy atom. The molecule has 1 unspecified atom stereocenters. The lowest BCUT2D eigenvalue weighted by molar-refractivity contribution is -0.133. The van der Waals surface area contributed by atoms with Crippen LogP contribution in [-0.2, 0) is 16.0 Å². The Balaban J connectivity index is 1.30. The molecular formula is C27H33FN2O5. The second-order valence-electron chi connectivity index (χ2n) is 9.34. The first-order valence-electron chi connectivity index (χ1n) is 12.1. The third kappa shape index (κ3) is 6.24. The molecule has 7 nitrogen and oxygen atoms in total. The summed E-state index contributed by atoms with van der Waals surface area (Å²) in [5, 5.41) is 3.04. The summed E-state index contributed by atoms with van der Waals surface area (Å²) < 4.78 is 30.9. The van der Waals surface area contributed by atoms with Gasteiger partial charge < -0.3 is 24.4 Å². The van der Waals surface area contributed by atoms with Crippen LogP contribution in [0.1, 0.15) is 44.1 Å². The fraction of sp³-hybridized carbons (Fsp3) is 0.481. The molecule has 188 valence electrons. The fourth-order valence-electron chi connectivity index (χ4n) is 4.92. The van der Waals surface area contributed by atoms with E-state index >= 15 is 0 Å². The van der Waals surface area contributed by atoms with Gasteiger partial charge in [0, 0.05) is 50.4 Å². The summed E-state index contributed by atoms with van der Waals surface area (Å²) in [6, 6.07) is 12.3. The Bertz CT molecular complexity index is 1040. The van der Waals surface area contributed by atoms with Crippen LogP contribution in [0.3, 0.4) is 0 Å². The van der Waals surface area contributed by atoms with Crippen LogP contribution in [-0.4, -0.2) is 55.7 Å². The molecule has 8 heteroatoms. The molecule has 0 aromatic heterocycles. The first kappa shape index (κ1) is 24.8. The first-order chi connectivity index (χ1) is 16.9. The number of carbonyl (C=O) groups is 2. The van der Waals surface area contributed by atoms with Gasteiger partial charge in [-0.15, -0.1) is 0 Å². The summed E-state index contributed by atoms with van der Waals surface area (Å²) in [5.74, 6) is 1.66. The van der Waals surface area contributed by atoms with Crippen LogP contribution in [0.25, 0.3) is 0 Å². The second kappa shape index (κ2) is 11.0. The monoisotopic (exact) mass is 484 g/mol. The maximum atomic E-state index is 14.6. The second-order valence-corrected chi connectivity index (χ2v) is 9.34. The average Bonchev–Trinajstić information content (AvgIpc) is 3.25. The molecule has 0 radical (unpaired) electrons. The predicted molar refractivity (Wildman–Crippen MR) is 129 cm³/mol. The molecule has 2 amide bonds. The highest BCUT2D eigenvalue weighted by molar-refractivity contribution is 5.80. The highest BCUT2D eigenvalue weighted by Crippen LogP contribution is 2.32. The number of amides is 2. The number of benzene rings is 2. The molecule has 0 aliphatic carbocycles. The van der Waals surface area contributed by atoms with Gasteiger partial charge in [0.05, 0.1) is 14.2 Å². The molecule has 0 spiro atoms. The highest BCUT2D eigenvalue weighted by Gasteiger charge is 2.39. The molecule has 1 N–H and O–H groups in total. The Kier molecular flexibility index (Phi) is 7.78. The van der Waals surface area contributed by atoms with E-state index in [1.165, 1.54) is 13.2 Å². The number of rotatable bonds is 9. The van der Waals surface area contributed by atoms with Crippen molar-refractivity contribution in [2.24, 2.45) is 0 Å². The number of piperidine rings is 1. The van der Waals surface area contributed by atoms with Gasteiger partial charge in [-0.05, 0) is 55.2 Å². The summed E-state index contributed by atoms with van der Waals surface area (Å²) >= 11 is 0. The van der Waals surface area contributed by atoms with Crippen LogP contribution in [0.15, 0.2) is 42.5 Å². The van der Waals surface area contributed by atoms with Gasteiger partial charge in [-0.2, -0.15) is 0 Å². The van der Waals surface area contributed by atoms with E-state index in [-0.39, 0.29) is 23.7 Å². The lowest BCUT2D eigenvalue weighted by Crippen LogP contribution is -2.46. The summed E-state index contributed by atoms with van der Waals surface area (Å²) in [5.41, 5.74) is -0.102. The van der Waals surface area contributed by atoms with E-state index in [1.807, 2.05) is 29.2 Å². The van der Waals surface area contributed by atoms with Crippen LogP contribution in [0.5, 0.6) is 17.2 Å². The fourth-order valence-corrected chi connectivity index (χ4v) is 4.92. The normalized spacial score (nSPS) is 20.4. The topological polar surface area (TPSA) is 77.1 Å². The lowest BCUT2D eigenvalue weighted by atomic mass is 9.84. The quantitative estimate of drug-likeness (QED) is 0.585. The van der Waals surface area contributed by atoms with Crippen molar-refractivity contribution in [2.75, 3.05) is 27.3 Å². The zero-order valence-corrected chi connectivity index (χ0v) is 20.3. The molecule has 4 rings (SSSR count). The largest absolute Gasteiger partial charge is 0.497 e. The predicted octanol–water partition coefficient (Wildman–Crippen LogP) is 3.88. The van der Waals surface area contributed by atoms with E-state index in [0.29, 0.717) is 56.5 Å². The minimum absolute atomic E-state index is 0.0529. The summed E-state index contributed by atoms with van der Waals surface area (Å²) in [6.07, 6.45) is 3.69. The van der Waals surface area contributed by atoms with E-state index in [2.05, 4.69) is 5.32 Å². The van der Waals surface area contributed by atoms with Gasteiger partial charge in [-0.3, -0.25) is 9.59 Å². The Morgan fingerprint density at radius 3 is 2.31 bits per heavy atom. The van der Waals surface area contributed by atoms with Gasteiger partial charge >= 0.3 is 0 Å². The standard InChI is InChI=1S/C27H33FN2O5/c1-33-20-5-7-21(8-6-20)35-22-11-15-30(16-12-22)26(32)10-14-27(13-9-25(31)29-27)18-19-3-4-23(34-2)17-24(19)28/h3-8,17,22H,9-16,18H2,1-2H3,(H,29,31). The zero-order valence-electron chi connectivity index (χ0n) is 20.3. The molecule has 2 aromatic carbocycles. The van der Waals surface area contributed by atoms with Crippen LogP contribution in [0.4, 0.5) is 4.39 Å². The molecule has 0 saturated carbocycles. The van der Waals surface area contributed by atoms with Crippen LogP contribution < -0.4 is 19.5 Å². The van der Waals surface area contributed by atoms with Gasteiger partial charge in [0.15, 0.2) is 0 Å². The number of hydrogen-bond donors (Lipinski definition) is 1. The number of halogens is 1. The van der Waals surface area contributed by atoms with E-state index < -0.39 is 5.54 Å². The summed E-state index contributed by atoms with van der Waals surface area (Å²) in [6.45, 7) is 1.26. The molecule has 2 saturated heterocycles. The third-order valence-corrected chi connectivity index (χ3v) is 7.00. The molecule has 2 aromatic rings. The smallest absolute Gasteiger partial charge is 0.222 e. The number of methoxy groups -OCH3 is 2. The molecule has 35 heavy (non-hydrogen) atoms. The van der Waals surface area contributed by atoms with Gasteiger partial charge in [0.25, 0.3) is 0 Å². The Hall–Kier alpha value is -3.29. The van der Waals surface area contributed by atoms with Crippen molar-refractivity contribution in [2.45, 2.75) is 56.6 Å². The molecule has 2 fully saturated rings. The van der Waals surface area contributed by atoms with Crippen molar-refractivity contribution < 1.29 is 28.2 Å². The highest BCUT2D eigenvalue weighted by atomic mass is 19.1. The van der Waals surface area contributed by atoms with Crippen LogP contribution in [0, 0.1) is 5.82 Å². The SMILES string of the molecule is COc1ccc(OC2CCN(C(=O)CCC3(Cc4ccc(OC)cc4F)CCC(=O)N3)CC2)cc1. The summed E-state index contributed by atoms with van der Waals surface area (Å²) in [7, 11) is 3.12. The maximum absolute atomic E-state index is 14.6. The van der Waals surface area contributed by atoms with Crippen molar-refractivity contribution in [1.29, 1.82) is 0 Å². The first-order valence-corrected chi connectivity index (χ1v) is 12.1. The van der Waals surface area contributed by atoms with Gasteiger partial charge in [0.2, 0.25) is 11.8 Å². The van der Waals surface area contributed by atoms with Crippen LogP contribution in [0.2, 0.25) is 0 Å². The number of likely N-dealkylation sites (tertiary alicyclic amines) is 1. The Morgan fingerprint density at radius 2 is 1.71 bits per heavy atom. The number of hydrogen-bond acceptors (Lipinski definition) is 5.